The van der Waals surface area contributed by atoms with E-state index in [9.17, 15) is 9.59 Å². The molecule has 0 saturated heterocycles. The average Bonchev–Trinajstić information content (AvgIpc) is 3.37. The minimum atomic E-state index is -0.915. The molecule has 0 spiro atoms. The fourth-order valence-corrected chi connectivity index (χ4v) is 2.54. The highest BCUT2D eigenvalue weighted by Crippen LogP contribution is 2.35. The van der Waals surface area contributed by atoms with Gasteiger partial charge in [0.2, 0.25) is 0 Å². The molecular weight excluding hydrogens is 296 g/mol. The molecule has 2 N–H and O–H groups in total. The Morgan fingerprint density at radius 2 is 2.00 bits per heavy atom. The molecule has 0 aliphatic heterocycles. The number of hydrogen-bond donors (Lipinski definition) is 2. The van der Waals surface area contributed by atoms with Crippen molar-refractivity contribution in [3.63, 3.8) is 0 Å². The summed E-state index contributed by atoms with van der Waals surface area (Å²) >= 11 is 0. The molecular formula is C17H24N2O4. The molecule has 1 aromatic carbocycles. The standard InChI is InChI=1S/C17H24N2O4/c1-12(14-5-6-14)19(17(22)18-10-9-16(20)21)11-13-3-7-15(23-2)8-4-13/h3-4,7-8,12,14H,5-6,9-11H2,1-2H3,(H,18,22)(H,20,21). The van der Waals surface area contributed by atoms with Crippen LogP contribution in [0.15, 0.2) is 24.3 Å². The van der Waals surface area contributed by atoms with E-state index < -0.39 is 5.97 Å². The zero-order valence-corrected chi connectivity index (χ0v) is 13.6. The predicted molar refractivity (Wildman–Crippen MR) is 86.4 cm³/mol. The summed E-state index contributed by atoms with van der Waals surface area (Å²) in [5, 5.41) is 11.4. The number of carbonyl (C=O) groups is 2. The van der Waals surface area contributed by atoms with Crippen LogP contribution in [-0.4, -0.2) is 41.7 Å². The molecule has 1 saturated carbocycles. The predicted octanol–water partition coefficient (Wildman–Crippen LogP) is 2.48. The van der Waals surface area contributed by atoms with Crippen molar-refractivity contribution in [2.24, 2.45) is 5.92 Å². The van der Waals surface area contributed by atoms with Crippen molar-refractivity contribution in [3.05, 3.63) is 29.8 Å². The van der Waals surface area contributed by atoms with Gasteiger partial charge in [0.15, 0.2) is 0 Å². The maximum atomic E-state index is 12.4. The molecule has 0 aromatic heterocycles. The number of hydrogen-bond acceptors (Lipinski definition) is 3. The molecule has 2 rings (SSSR count). The maximum absolute atomic E-state index is 12.4. The third kappa shape index (κ3) is 5.16. The normalized spacial score (nSPS) is 14.9. The van der Waals surface area contributed by atoms with Gasteiger partial charge in [0.1, 0.15) is 5.75 Å². The number of nitrogens with zero attached hydrogens (tertiary/aromatic N) is 1. The first-order chi connectivity index (χ1) is 11.0. The molecule has 0 bridgehead atoms. The first kappa shape index (κ1) is 17.1. The van der Waals surface area contributed by atoms with Crippen molar-refractivity contribution >= 4 is 12.0 Å². The monoisotopic (exact) mass is 320 g/mol. The van der Waals surface area contributed by atoms with E-state index in [2.05, 4.69) is 12.2 Å². The van der Waals surface area contributed by atoms with Gasteiger partial charge < -0.3 is 20.1 Å². The van der Waals surface area contributed by atoms with E-state index in [4.69, 9.17) is 9.84 Å². The third-order valence-corrected chi connectivity index (χ3v) is 4.18. The summed E-state index contributed by atoms with van der Waals surface area (Å²) in [6, 6.07) is 7.56. The molecule has 2 amide bonds. The smallest absolute Gasteiger partial charge is 0.317 e. The SMILES string of the molecule is COc1ccc(CN(C(=O)NCCC(=O)O)C(C)C2CC2)cc1. The lowest BCUT2D eigenvalue weighted by molar-refractivity contribution is -0.136. The molecule has 1 aliphatic rings. The summed E-state index contributed by atoms with van der Waals surface area (Å²) < 4.78 is 5.14. The maximum Gasteiger partial charge on any atom is 0.317 e. The fraction of sp³-hybridized carbons (Fsp3) is 0.529. The van der Waals surface area contributed by atoms with Crippen molar-refractivity contribution in [1.29, 1.82) is 0 Å². The summed E-state index contributed by atoms with van der Waals surface area (Å²) in [5.74, 6) is 0.405. The number of carboxylic acids is 1. The van der Waals surface area contributed by atoms with E-state index in [0.29, 0.717) is 12.5 Å². The Morgan fingerprint density at radius 3 is 2.52 bits per heavy atom. The zero-order chi connectivity index (χ0) is 16.8. The number of aliphatic carboxylic acids is 1. The highest BCUT2D eigenvalue weighted by Gasteiger charge is 2.34. The topological polar surface area (TPSA) is 78.9 Å². The second-order valence-electron chi connectivity index (χ2n) is 5.93. The van der Waals surface area contributed by atoms with Gasteiger partial charge in [-0.3, -0.25) is 4.79 Å². The Kier molecular flexibility index (Phi) is 5.84. The summed E-state index contributed by atoms with van der Waals surface area (Å²) in [5.41, 5.74) is 1.02. The molecule has 6 heteroatoms. The average molecular weight is 320 g/mol. The Balaban J connectivity index is 2.00. The Labute approximate surface area is 136 Å². The van der Waals surface area contributed by atoms with Gasteiger partial charge in [-0.2, -0.15) is 0 Å². The third-order valence-electron chi connectivity index (χ3n) is 4.18. The molecule has 126 valence electrons. The molecule has 1 aromatic rings. The molecule has 1 unspecified atom stereocenters. The van der Waals surface area contributed by atoms with E-state index in [0.717, 1.165) is 24.2 Å². The van der Waals surface area contributed by atoms with Gasteiger partial charge >= 0.3 is 12.0 Å². The lowest BCUT2D eigenvalue weighted by Gasteiger charge is -2.29. The molecule has 1 atom stereocenters. The van der Waals surface area contributed by atoms with E-state index in [1.54, 1.807) is 12.0 Å². The quantitative estimate of drug-likeness (QED) is 0.771. The van der Waals surface area contributed by atoms with Crippen molar-refractivity contribution in [2.75, 3.05) is 13.7 Å². The zero-order valence-electron chi connectivity index (χ0n) is 13.6. The van der Waals surface area contributed by atoms with Crippen LogP contribution in [0.1, 0.15) is 31.7 Å². The van der Waals surface area contributed by atoms with Crippen molar-refractivity contribution in [1.82, 2.24) is 10.2 Å². The molecule has 0 heterocycles. The number of methoxy groups -OCH3 is 1. The molecule has 6 nitrogen and oxygen atoms in total. The molecule has 0 radical (unpaired) electrons. The van der Waals surface area contributed by atoms with Crippen LogP contribution >= 0.6 is 0 Å². The van der Waals surface area contributed by atoms with Crippen LogP contribution in [0.4, 0.5) is 4.79 Å². The lowest BCUT2D eigenvalue weighted by Crippen LogP contribution is -2.45. The van der Waals surface area contributed by atoms with Gasteiger partial charge in [-0.15, -0.1) is 0 Å². The van der Waals surface area contributed by atoms with Crippen LogP contribution in [0.25, 0.3) is 0 Å². The minimum absolute atomic E-state index is 0.0695. The van der Waals surface area contributed by atoms with Gasteiger partial charge in [0.05, 0.1) is 13.5 Å². The molecule has 1 aliphatic carbocycles. The Bertz CT molecular complexity index is 540. The summed E-state index contributed by atoms with van der Waals surface area (Å²) in [6.45, 7) is 2.70. The number of carbonyl (C=O) groups excluding carboxylic acids is 1. The van der Waals surface area contributed by atoms with Crippen molar-refractivity contribution < 1.29 is 19.4 Å². The van der Waals surface area contributed by atoms with Crippen LogP contribution in [-0.2, 0) is 11.3 Å². The minimum Gasteiger partial charge on any atom is -0.497 e. The fourth-order valence-electron chi connectivity index (χ4n) is 2.54. The van der Waals surface area contributed by atoms with Gasteiger partial charge in [-0.25, -0.2) is 4.79 Å². The first-order valence-corrected chi connectivity index (χ1v) is 7.90. The number of benzene rings is 1. The van der Waals surface area contributed by atoms with Crippen molar-refractivity contribution in [2.45, 2.75) is 38.8 Å². The first-order valence-electron chi connectivity index (χ1n) is 7.90. The van der Waals surface area contributed by atoms with E-state index >= 15 is 0 Å². The van der Waals surface area contributed by atoms with E-state index in [1.807, 2.05) is 24.3 Å². The van der Waals surface area contributed by atoms with Crippen LogP contribution in [0, 0.1) is 5.92 Å². The van der Waals surface area contributed by atoms with Gasteiger partial charge in [0.25, 0.3) is 0 Å². The number of amides is 2. The highest BCUT2D eigenvalue weighted by molar-refractivity contribution is 5.75. The second-order valence-corrected chi connectivity index (χ2v) is 5.93. The lowest BCUT2D eigenvalue weighted by atomic mass is 10.1. The summed E-state index contributed by atoms with van der Waals surface area (Å²) in [6.07, 6.45) is 2.21. The van der Waals surface area contributed by atoms with Crippen LogP contribution in [0.3, 0.4) is 0 Å². The van der Waals surface area contributed by atoms with Crippen LogP contribution in [0.5, 0.6) is 5.75 Å². The van der Waals surface area contributed by atoms with Crippen molar-refractivity contribution in [3.8, 4) is 5.75 Å². The largest absolute Gasteiger partial charge is 0.497 e. The van der Waals surface area contributed by atoms with E-state index in [1.165, 1.54) is 0 Å². The second kappa shape index (κ2) is 7.85. The molecule has 1 fully saturated rings. The number of ether oxygens (including phenoxy) is 1. The van der Waals surface area contributed by atoms with Crippen LogP contribution < -0.4 is 10.1 Å². The number of nitrogens with one attached hydrogen (secondary N) is 1. The number of urea groups is 1. The highest BCUT2D eigenvalue weighted by atomic mass is 16.5. The summed E-state index contributed by atoms with van der Waals surface area (Å²) in [4.78, 5) is 24.8. The van der Waals surface area contributed by atoms with Gasteiger partial charge in [0, 0.05) is 19.1 Å². The number of carboxylic acid groups (broad SMARTS) is 1. The van der Waals surface area contributed by atoms with E-state index in [-0.39, 0.29) is 25.0 Å². The van der Waals surface area contributed by atoms with Gasteiger partial charge in [-0.1, -0.05) is 12.1 Å². The molecule has 23 heavy (non-hydrogen) atoms. The van der Waals surface area contributed by atoms with Gasteiger partial charge in [-0.05, 0) is 43.4 Å². The Hall–Kier alpha value is -2.24. The summed E-state index contributed by atoms with van der Waals surface area (Å²) in [7, 11) is 1.62. The Morgan fingerprint density at radius 1 is 1.35 bits per heavy atom. The number of rotatable bonds is 8. The van der Waals surface area contributed by atoms with Crippen LogP contribution in [0.2, 0.25) is 0 Å².